The molecule has 0 amide bonds. The summed E-state index contributed by atoms with van der Waals surface area (Å²) in [5, 5.41) is 3.59. The lowest BCUT2D eigenvalue weighted by Crippen LogP contribution is -2.51. The van der Waals surface area contributed by atoms with Crippen molar-refractivity contribution in [1.82, 2.24) is 10.3 Å². The van der Waals surface area contributed by atoms with Gasteiger partial charge in [0.2, 0.25) is 0 Å². The van der Waals surface area contributed by atoms with Gasteiger partial charge >= 0.3 is 0 Å². The van der Waals surface area contributed by atoms with Crippen LogP contribution in [0, 0.1) is 6.92 Å². The van der Waals surface area contributed by atoms with Crippen LogP contribution >= 0.6 is 15.9 Å². The maximum absolute atomic E-state index is 5.62. The van der Waals surface area contributed by atoms with Crippen LogP contribution in [0.3, 0.4) is 0 Å². The van der Waals surface area contributed by atoms with Crippen LogP contribution in [0.2, 0.25) is 0 Å². The maximum Gasteiger partial charge on any atom is 0.129 e. The van der Waals surface area contributed by atoms with E-state index in [0.29, 0.717) is 6.04 Å². The van der Waals surface area contributed by atoms with Crippen molar-refractivity contribution in [3.05, 3.63) is 22.3 Å². The number of morpholine rings is 1. The van der Waals surface area contributed by atoms with Crippen molar-refractivity contribution >= 4 is 21.7 Å². The quantitative estimate of drug-likeness (QED) is 0.920. The molecule has 19 heavy (non-hydrogen) atoms. The van der Waals surface area contributed by atoms with Gasteiger partial charge in [-0.1, -0.05) is 0 Å². The van der Waals surface area contributed by atoms with Crippen LogP contribution in [0.1, 0.15) is 18.5 Å². The molecule has 1 unspecified atom stereocenters. The second-order valence-corrected chi connectivity index (χ2v) is 6.20. The first-order valence-corrected chi connectivity index (χ1v) is 7.74. The van der Waals surface area contributed by atoms with Crippen molar-refractivity contribution in [3.63, 3.8) is 0 Å². The lowest BCUT2D eigenvalue weighted by Gasteiger charge is -2.37. The Hall–Kier alpha value is -0.650. The monoisotopic (exact) mass is 325 g/mol. The van der Waals surface area contributed by atoms with Gasteiger partial charge < -0.3 is 15.0 Å². The summed E-state index contributed by atoms with van der Waals surface area (Å²) >= 11 is 3.51. The summed E-state index contributed by atoms with van der Waals surface area (Å²) in [5.74, 6) is 1.06. The summed E-state index contributed by atoms with van der Waals surface area (Å²) in [4.78, 5) is 7.06. The van der Waals surface area contributed by atoms with Gasteiger partial charge in [0.05, 0.1) is 24.9 Å². The number of anilines is 1. The van der Waals surface area contributed by atoms with Crippen LogP contribution in [0.5, 0.6) is 0 Å². The Morgan fingerprint density at radius 1 is 1.47 bits per heavy atom. The highest BCUT2D eigenvalue weighted by Crippen LogP contribution is 2.23. The molecule has 1 atom stereocenters. The van der Waals surface area contributed by atoms with Gasteiger partial charge in [-0.05, 0) is 47.8 Å². The van der Waals surface area contributed by atoms with E-state index in [1.165, 1.54) is 12.8 Å². The van der Waals surface area contributed by atoms with Gasteiger partial charge in [-0.3, -0.25) is 0 Å². The molecule has 0 aromatic carbocycles. The predicted molar refractivity (Wildman–Crippen MR) is 79.7 cm³/mol. The van der Waals surface area contributed by atoms with E-state index in [0.717, 1.165) is 48.3 Å². The maximum atomic E-state index is 5.62. The molecule has 0 spiro atoms. The number of nitrogens with one attached hydrogen (secondary N) is 1. The predicted octanol–water partition coefficient (Wildman–Crippen LogP) is 2.11. The summed E-state index contributed by atoms with van der Waals surface area (Å²) in [6, 6.07) is 5.30. The first-order chi connectivity index (χ1) is 9.24. The molecule has 2 aliphatic rings. The Morgan fingerprint density at radius 3 is 3.05 bits per heavy atom. The molecule has 1 saturated heterocycles. The van der Waals surface area contributed by atoms with E-state index in [2.05, 4.69) is 43.3 Å². The Kier molecular flexibility index (Phi) is 4.05. The number of ether oxygens (including phenoxy) is 1. The summed E-state index contributed by atoms with van der Waals surface area (Å²) in [7, 11) is 0. The fraction of sp³-hybridized carbons (Fsp3) is 0.643. The summed E-state index contributed by atoms with van der Waals surface area (Å²) in [5.41, 5.74) is 1.04. The summed E-state index contributed by atoms with van der Waals surface area (Å²) < 4.78 is 6.69. The van der Waals surface area contributed by atoms with E-state index in [1.807, 2.05) is 6.92 Å². The fourth-order valence-corrected chi connectivity index (χ4v) is 2.63. The summed E-state index contributed by atoms with van der Waals surface area (Å²) in [6.07, 6.45) is 2.65. The SMILES string of the molecule is Cc1nc(N2CCOCC2CNC2CC2)ccc1Br. The topological polar surface area (TPSA) is 37.4 Å². The molecule has 2 fully saturated rings. The zero-order chi connectivity index (χ0) is 13.2. The van der Waals surface area contributed by atoms with Gasteiger partial charge in [-0.15, -0.1) is 0 Å². The first-order valence-electron chi connectivity index (χ1n) is 6.95. The molecule has 1 saturated carbocycles. The number of rotatable bonds is 4. The van der Waals surface area contributed by atoms with Gasteiger partial charge in [0, 0.05) is 23.6 Å². The molecular weight excluding hydrogens is 306 g/mol. The van der Waals surface area contributed by atoms with Crippen molar-refractivity contribution in [2.24, 2.45) is 0 Å². The molecule has 1 aliphatic carbocycles. The standard InChI is InChI=1S/C14H20BrN3O/c1-10-13(15)4-5-14(17-10)18-6-7-19-9-12(18)8-16-11-2-3-11/h4-5,11-12,16H,2-3,6-9H2,1H3. The molecule has 104 valence electrons. The number of hydrogen-bond acceptors (Lipinski definition) is 4. The minimum absolute atomic E-state index is 0.391. The smallest absolute Gasteiger partial charge is 0.129 e. The van der Waals surface area contributed by atoms with E-state index in [4.69, 9.17) is 4.74 Å². The average Bonchev–Trinajstić information content (AvgIpc) is 3.24. The van der Waals surface area contributed by atoms with E-state index in [-0.39, 0.29) is 0 Å². The van der Waals surface area contributed by atoms with Crippen LogP contribution in [0.4, 0.5) is 5.82 Å². The molecule has 1 aromatic heterocycles. The van der Waals surface area contributed by atoms with Crippen LogP contribution in [0.25, 0.3) is 0 Å². The molecule has 5 heteroatoms. The zero-order valence-electron chi connectivity index (χ0n) is 11.2. The van der Waals surface area contributed by atoms with E-state index < -0.39 is 0 Å². The summed E-state index contributed by atoms with van der Waals surface area (Å²) in [6.45, 7) is 5.52. The second-order valence-electron chi connectivity index (χ2n) is 5.34. The number of halogens is 1. The highest BCUT2D eigenvalue weighted by molar-refractivity contribution is 9.10. The van der Waals surface area contributed by atoms with Crippen molar-refractivity contribution < 1.29 is 4.74 Å². The Labute approximate surface area is 122 Å². The molecule has 0 bridgehead atoms. The highest BCUT2D eigenvalue weighted by atomic mass is 79.9. The lowest BCUT2D eigenvalue weighted by atomic mass is 10.2. The third-order valence-corrected chi connectivity index (χ3v) is 4.59. The average molecular weight is 326 g/mol. The molecule has 4 nitrogen and oxygen atoms in total. The van der Waals surface area contributed by atoms with E-state index >= 15 is 0 Å². The zero-order valence-corrected chi connectivity index (χ0v) is 12.8. The number of aryl methyl sites for hydroxylation is 1. The highest BCUT2D eigenvalue weighted by Gasteiger charge is 2.27. The van der Waals surface area contributed by atoms with Gasteiger partial charge in [0.15, 0.2) is 0 Å². The molecule has 3 rings (SSSR count). The third-order valence-electron chi connectivity index (χ3n) is 3.75. The van der Waals surface area contributed by atoms with Crippen molar-refractivity contribution in [2.45, 2.75) is 31.8 Å². The number of aromatic nitrogens is 1. The van der Waals surface area contributed by atoms with Crippen molar-refractivity contribution in [1.29, 1.82) is 0 Å². The number of pyridine rings is 1. The normalized spacial score (nSPS) is 23.7. The Bertz CT molecular complexity index is 450. The van der Waals surface area contributed by atoms with Crippen molar-refractivity contribution in [3.8, 4) is 0 Å². The van der Waals surface area contributed by atoms with E-state index in [1.54, 1.807) is 0 Å². The third kappa shape index (κ3) is 3.27. The number of nitrogens with zero attached hydrogens (tertiary/aromatic N) is 2. The molecule has 1 aromatic rings. The van der Waals surface area contributed by atoms with Crippen LogP contribution in [-0.4, -0.2) is 43.4 Å². The van der Waals surface area contributed by atoms with Gasteiger partial charge in [-0.2, -0.15) is 0 Å². The van der Waals surface area contributed by atoms with Crippen molar-refractivity contribution in [2.75, 3.05) is 31.2 Å². The minimum atomic E-state index is 0.391. The fourth-order valence-electron chi connectivity index (χ4n) is 2.41. The number of hydrogen-bond donors (Lipinski definition) is 1. The van der Waals surface area contributed by atoms with Gasteiger partial charge in [0.25, 0.3) is 0 Å². The second kappa shape index (κ2) is 5.77. The first kappa shape index (κ1) is 13.3. The Balaban J connectivity index is 1.72. The van der Waals surface area contributed by atoms with Crippen LogP contribution < -0.4 is 10.2 Å². The lowest BCUT2D eigenvalue weighted by molar-refractivity contribution is 0.0932. The van der Waals surface area contributed by atoms with E-state index in [9.17, 15) is 0 Å². The molecule has 0 radical (unpaired) electrons. The largest absolute Gasteiger partial charge is 0.377 e. The van der Waals surface area contributed by atoms with Crippen LogP contribution in [-0.2, 0) is 4.74 Å². The molecular formula is C14H20BrN3O. The molecule has 1 N–H and O–H groups in total. The minimum Gasteiger partial charge on any atom is -0.377 e. The van der Waals surface area contributed by atoms with Crippen LogP contribution in [0.15, 0.2) is 16.6 Å². The van der Waals surface area contributed by atoms with Gasteiger partial charge in [0.1, 0.15) is 5.82 Å². The van der Waals surface area contributed by atoms with Gasteiger partial charge in [-0.25, -0.2) is 4.98 Å². The molecule has 1 aliphatic heterocycles. The Morgan fingerprint density at radius 2 is 2.32 bits per heavy atom. The molecule has 2 heterocycles.